The Hall–Kier alpha value is -0.820. The van der Waals surface area contributed by atoms with Crippen LogP contribution in [0.2, 0.25) is 0 Å². The van der Waals surface area contributed by atoms with Gasteiger partial charge in [0, 0.05) is 12.6 Å². The highest BCUT2D eigenvalue weighted by atomic mass is 19.4. The van der Waals surface area contributed by atoms with Gasteiger partial charge in [0.25, 0.3) is 0 Å². The molecule has 1 aliphatic heterocycles. The lowest BCUT2D eigenvalue weighted by Gasteiger charge is -2.35. The lowest BCUT2D eigenvalue weighted by atomic mass is 10.0. The van der Waals surface area contributed by atoms with Crippen molar-refractivity contribution in [1.29, 1.82) is 0 Å². The molecule has 106 valence electrons. The number of hydrogen-bond donors (Lipinski definition) is 2. The van der Waals surface area contributed by atoms with Gasteiger partial charge in [-0.3, -0.25) is 9.69 Å². The molecule has 2 N–H and O–H groups in total. The third-order valence-corrected chi connectivity index (χ3v) is 3.02. The summed E-state index contributed by atoms with van der Waals surface area (Å²) in [6, 6.07) is 0.236. The summed E-state index contributed by atoms with van der Waals surface area (Å²) in [6.07, 6.45) is -1.27. The molecule has 7 heteroatoms. The van der Waals surface area contributed by atoms with E-state index >= 15 is 0 Å². The van der Waals surface area contributed by atoms with Gasteiger partial charge >= 0.3 is 6.18 Å². The van der Waals surface area contributed by atoms with Gasteiger partial charge in [0.1, 0.15) is 6.54 Å². The molecule has 0 radical (unpaired) electrons. The molecule has 1 rings (SSSR count). The quantitative estimate of drug-likeness (QED) is 0.772. The number of likely N-dealkylation sites (tertiary alicyclic amines) is 1. The summed E-state index contributed by atoms with van der Waals surface area (Å²) in [4.78, 5) is 13.4. The summed E-state index contributed by atoms with van der Waals surface area (Å²) in [5.74, 6) is -0.560. The lowest BCUT2D eigenvalue weighted by Crippen LogP contribution is -2.49. The molecule has 0 aromatic carbocycles. The number of amides is 1. The van der Waals surface area contributed by atoms with Crippen molar-refractivity contribution < 1.29 is 18.0 Å². The van der Waals surface area contributed by atoms with Gasteiger partial charge in [-0.2, -0.15) is 13.2 Å². The van der Waals surface area contributed by atoms with Gasteiger partial charge in [-0.25, -0.2) is 0 Å². The Labute approximate surface area is 105 Å². The maximum atomic E-state index is 12.0. The summed E-state index contributed by atoms with van der Waals surface area (Å²) >= 11 is 0. The molecule has 0 bridgehead atoms. The van der Waals surface area contributed by atoms with E-state index in [4.69, 9.17) is 0 Å². The topological polar surface area (TPSA) is 44.4 Å². The fraction of sp³-hybridized carbons (Fsp3) is 0.909. The summed E-state index contributed by atoms with van der Waals surface area (Å²) in [6.45, 7) is 0.317. The Bertz CT molecular complexity index is 269. The predicted molar refractivity (Wildman–Crippen MR) is 62.2 cm³/mol. The minimum atomic E-state index is -4.35. The Balaban J connectivity index is 2.36. The van der Waals surface area contributed by atoms with Crippen LogP contribution in [0.3, 0.4) is 0 Å². The molecule has 1 aliphatic rings. The molecule has 1 fully saturated rings. The second kappa shape index (κ2) is 6.94. The molecule has 1 unspecified atom stereocenters. The zero-order chi connectivity index (χ0) is 13.6. The standard InChI is InChI=1S/C11H20F3N3O/c1-15-6-9-4-2-3-5-17(9)7-10(18)16-8-11(12,13)14/h9,15H,2-8H2,1H3,(H,16,18). The summed E-state index contributed by atoms with van der Waals surface area (Å²) in [5.41, 5.74) is 0. The van der Waals surface area contributed by atoms with Crippen LogP contribution in [0.25, 0.3) is 0 Å². The second-order valence-electron chi connectivity index (χ2n) is 4.57. The monoisotopic (exact) mass is 267 g/mol. The number of piperidine rings is 1. The van der Waals surface area contributed by atoms with E-state index in [-0.39, 0.29) is 12.6 Å². The highest BCUT2D eigenvalue weighted by Gasteiger charge is 2.29. The van der Waals surface area contributed by atoms with Crippen LogP contribution in [0.15, 0.2) is 0 Å². The first-order valence-corrected chi connectivity index (χ1v) is 6.14. The molecular weight excluding hydrogens is 247 g/mol. The molecule has 1 amide bonds. The first-order valence-electron chi connectivity index (χ1n) is 6.14. The molecule has 1 saturated heterocycles. The van der Waals surface area contributed by atoms with E-state index in [2.05, 4.69) is 5.32 Å². The van der Waals surface area contributed by atoms with Crippen LogP contribution in [0, 0.1) is 0 Å². The maximum Gasteiger partial charge on any atom is 0.405 e. The largest absolute Gasteiger partial charge is 0.405 e. The predicted octanol–water partition coefficient (Wildman–Crippen LogP) is 0.739. The third kappa shape index (κ3) is 5.68. The average molecular weight is 267 g/mol. The van der Waals surface area contributed by atoms with Gasteiger partial charge in [-0.1, -0.05) is 6.42 Å². The fourth-order valence-electron chi connectivity index (χ4n) is 2.17. The molecule has 0 saturated carbocycles. The van der Waals surface area contributed by atoms with Gasteiger partial charge in [-0.05, 0) is 26.4 Å². The molecule has 4 nitrogen and oxygen atoms in total. The zero-order valence-electron chi connectivity index (χ0n) is 10.5. The van der Waals surface area contributed by atoms with Crippen molar-refractivity contribution in [2.75, 3.05) is 33.2 Å². The van der Waals surface area contributed by atoms with Gasteiger partial charge in [0.05, 0.1) is 6.54 Å². The fourth-order valence-corrected chi connectivity index (χ4v) is 2.17. The molecule has 1 atom stereocenters. The Morgan fingerprint density at radius 2 is 2.11 bits per heavy atom. The normalized spacial score (nSPS) is 21.9. The summed E-state index contributed by atoms with van der Waals surface area (Å²) in [7, 11) is 1.83. The number of likely N-dealkylation sites (N-methyl/N-ethyl adjacent to an activating group) is 1. The van der Waals surface area contributed by atoms with E-state index in [1.165, 1.54) is 0 Å². The average Bonchev–Trinajstić information content (AvgIpc) is 2.29. The van der Waals surface area contributed by atoms with E-state index in [9.17, 15) is 18.0 Å². The van der Waals surface area contributed by atoms with Crippen molar-refractivity contribution in [2.45, 2.75) is 31.5 Å². The molecule has 0 aromatic heterocycles. The van der Waals surface area contributed by atoms with Gasteiger partial charge in [0.15, 0.2) is 0 Å². The highest BCUT2D eigenvalue weighted by Crippen LogP contribution is 2.16. The van der Waals surface area contributed by atoms with Crippen LogP contribution in [-0.4, -0.2) is 56.3 Å². The van der Waals surface area contributed by atoms with Gasteiger partial charge < -0.3 is 10.6 Å². The van der Waals surface area contributed by atoms with Gasteiger partial charge in [-0.15, -0.1) is 0 Å². The number of carbonyl (C=O) groups is 1. The molecule has 1 heterocycles. The molecule has 0 spiro atoms. The Kier molecular flexibility index (Phi) is 5.87. The molecular formula is C11H20F3N3O. The van der Waals surface area contributed by atoms with Crippen LogP contribution >= 0.6 is 0 Å². The van der Waals surface area contributed by atoms with Crippen LogP contribution in [0.1, 0.15) is 19.3 Å². The molecule has 18 heavy (non-hydrogen) atoms. The van der Waals surface area contributed by atoms with Crippen molar-refractivity contribution in [2.24, 2.45) is 0 Å². The minimum absolute atomic E-state index is 0.0441. The number of alkyl halides is 3. The van der Waals surface area contributed by atoms with Crippen molar-refractivity contribution in [1.82, 2.24) is 15.5 Å². The smallest absolute Gasteiger partial charge is 0.346 e. The lowest BCUT2D eigenvalue weighted by molar-refractivity contribution is -0.139. The maximum absolute atomic E-state index is 12.0. The Morgan fingerprint density at radius 1 is 1.39 bits per heavy atom. The number of hydrogen-bond acceptors (Lipinski definition) is 3. The highest BCUT2D eigenvalue weighted by molar-refractivity contribution is 5.78. The minimum Gasteiger partial charge on any atom is -0.346 e. The zero-order valence-corrected chi connectivity index (χ0v) is 10.5. The number of nitrogens with one attached hydrogen (secondary N) is 2. The third-order valence-electron chi connectivity index (χ3n) is 3.02. The van der Waals surface area contributed by atoms with Crippen molar-refractivity contribution in [3.63, 3.8) is 0 Å². The summed E-state index contributed by atoms with van der Waals surface area (Å²) in [5, 5.41) is 4.95. The van der Waals surface area contributed by atoms with E-state index in [0.717, 1.165) is 32.4 Å². The molecule has 0 aromatic rings. The van der Waals surface area contributed by atoms with E-state index < -0.39 is 18.6 Å². The van der Waals surface area contributed by atoms with Crippen molar-refractivity contribution >= 4 is 5.91 Å². The van der Waals surface area contributed by atoms with Crippen molar-refractivity contribution in [3.8, 4) is 0 Å². The van der Waals surface area contributed by atoms with Crippen molar-refractivity contribution in [3.05, 3.63) is 0 Å². The first kappa shape index (κ1) is 15.2. The second-order valence-corrected chi connectivity index (χ2v) is 4.57. The van der Waals surface area contributed by atoms with E-state index in [1.807, 2.05) is 17.3 Å². The number of carbonyl (C=O) groups excluding carboxylic acids is 1. The van der Waals surface area contributed by atoms with Gasteiger partial charge in [0.2, 0.25) is 5.91 Å². The number of rotatable bonds is 5. The van der Waals surface area contributed by atoms with Crippen LogP contribution < -0.4 is 10.6 Å². The Morgan fingerprint density at radius 3 is 2.72 bits per heavy atom. The number of halogens is 3. The van der Waals surface area contributed by atoms with Crippen LogP contribution in [-0.2, 0) is 4.79 Å². The van der Waals surface area contributed by atoms with Crippen LogP contribution in [0.4, 0.5) is 13.2 Å². The molecule has 0 aliphatic carbocycles. The first-order chi connectivity index (χ1) is 8.42. The van der Waals surface area contributed by atoms with E-state index in [0.29, 0.717) is 0 Å². The van der Waals surface area contributed by atoms with Crippen LogP contribution in [0.5, 0.6) is 0 Å². The SMILES string of the molecule is CNCC1CCCCN1CC(=O)NCC(F)(F)F. The summed E-state index contributed by atoms with van der Waals surface area (Å²) < 4.78 is 35.9. The number of nitrogens with zero attached hydrogens (tertiary/aromatic N) is 1. The van der Waals surface area contributed by atoms with E-state index in [1.54, 1.807) is 0 Å².